The van der Waals surface area contributed by atoms with Crippen molar-refractivity contribution in [3.05, 3.63) is 46.7 Å². The molecule has 3 rings (SSSR count). The molecule has 6 nitrogen and oxygen atoms in total. The second-order valence-corrected chi connectivity index (χ2v) is 7.02. The summed E-state index contributed by atoms with van der Waals surface area (Å²) in [4.78, 5) is 24.2. The van der Waals surface area contributed by atoms with Crippen LogP contribution in [0, 0.1) is 5.92 Å². The lowest BCUT2D eigenvalue weighted by Crippen LogP contribution is -2.52. The van der Waals surface area contributed by atoms with Crippen LogP contribution in [-0.4, -0.2) is 48.1 Å². The Morgan fingerprint density at radius 3 is 2.58 bits per heavy atom. The van der Waals surface area contributed by atoms with Crippen molar-refractivity contribution < 1.29 is 4.79 Å². The quantitative estimate of drug-likeness (QED) is 0.872. The Hall–Kier alpha value is -2.15. The van der Waals surface area contributed by atoms with E-state index in [1.807, 2.05) is 31.1 Å². The molecule has 1 aromatic carbocycles. The molecule has 1 aromatic heterocycles. The molecule has 0 atom stereocenters. The molecular formula is C17H20BrN5O. The maximum atomic E-state index is 12.2. The van der Waals surface area contributed by atoms with Crippen LogP contribution in [-0.2, 0) is 6.42 Å². The number of aromatic nitrogens is 2. The third-order valence-electron chi connectivity index (χ3n) is 4.00. The number of benzene rings is 1. The van der Waals surface area contributed by atoms with E-state index in [2.05, 4.69) is 43.3 Å². The largest absolute Gasteiger partial charge is 0.347 e. The van der Waals surface area contributed by atoms with Crippen LogP contribution in [0.4, 0.5) is 16.4 Å². The number of anilines is 2. The normalized spacial score (nSPS) is 14.2. The van der Waals surface area contributed by atoms with Crippen molar-refractivity contribution in [1.82, 2.24) is 14.9 Å². The lowest BCUT2D eigenvalue weighted by Gasteiger charge is -2.39. The average molecular weight is 390 g/mol. The molecule has 1 aliphatic heterocycles. The van der Waals surface area contributed by atoms with E-state index in [1.54, 1.807) is 17.3 Å². The Balaban J connectivity index is 1.49. The predicted octanol–water partition coefficient (Wildman–Crippen LogP) is 3.01. The number of likely N-dealkylation sites (tertiary alicyclic amines) is 1. The van der Waals surface area contributed by atoms with Crippen LogP contribution in [0.3, 0.4) is 0 Å². The second kappa shape index (κ2) is 7.17. The molecule has 0 aliphatic carbocycles. The molecular weight excluding hydrogens is 370 g/mol. The van der Waals surface area contributed by atoms with Crippen LogP contribution in [0.2, 0.25) is 0 Å². The van der Waals surface area contributed by atoms with E-state index in [4.69, 9.17) is 0 Å². The van der Waals surface area contributed by atoms with E-state index in [-0.39, 0.29) is 6.03 Å². The first-order chi connectivity index (χ1) is 11.5. The fraction of sp³-hybridized carbons (Fsp3) is 0.353. The highest BCUT2D eigenvalue weighted by Crippen LogP contribution is 2.25. The zero-order valence-electron chi connectivity index (χ0n) is 13.7. The maximum absolute atomic E-state index is 12.2. The summed E-state index contributed by atoms with van der Waals surface area (Å²) < 4.78 is 1.13. The number of rotatable bonds is 4. The van der Waals surface area contributed by atoms with Gasteiger partial charge in [-0.05, 0) is 24.0 Å². The highest BCUT2D eigenvalue weighted by atomic mass is 79.9. The van der Waals surface area contributed by atoms with Crippen molar-refractivity contribution in [2.45, 2.75) is 6.42 Å². The summed E-state index contributed by atoms with van der Waals surface area (Å²) in [6, 6.07) is 8.13. The van der Waals surface area contributed by atoms with Crippen LogP contribution < -0.4 is 10.2 Å². The summed E-state index contributed by atoms with van der Waals surface area (Å²) in [7, 11) is 3.75. The van der Waals surface area contributed by atoms with Crippen molar-refractivity contribution in [3.8, 4) is 0 Å². The van der Waals surface area contributed by atoms with Crippen molar-refractivity contribution in [2.75, 3.05) is 37.4 Å². The Morgan fingerprint density at radius 2 is 1.96 bits per heavy atom. The van der Waals surface area contributed by atoms with E-state index < -0.39 is 0 Å². The van der Waals surface area contributed by atoms with Crippen LogP contribution in [0.5, 0.6) is 0 Å². The van der Waals surface area contributed by atoms with Crippen LogP contribution in [0.1, 0.15) is 5.56 Å². The smallest absolute Gasteiger partial charge is 0.321 e. The molecule has 2 amide bonds. The van der Waals surface area contributed by atoms with Gasteiger partial charge in [-0.25, -0.2) is 14.8 Å². The van der Waals surface area contributed by atoms with Gasteiger partial charge >= 0.3 is 6.03 Å². The van der Waals surface area contributed by atoms with Gasteiger partial charge in [0.1, 0.15) is 0 Å². The van der Waals surface area contributed by atoms with Crippen molar-refractivity contribution >= 4 is 33.6 Å². The first kappa shape index (κ1) is 16.7. The van der Waals surface area contributed by atoms with Crippen LogP contribution >= 0.6 is 15.9 Å². The zero-order valence-corrected chi connectivity index (χ0v) is 15.3. The molecule has 0 radical (unpaired) electrons. The minimum Gasteiger partial charge on any atom is -0.347 e. The number of nitrogens with zero attached hydrogens (tertiary/aromatic N) is 4. The first-order valence-corrected chi connectivity index (χ1v) is 8.61. The van der Waals surface area contributed by atoms with E-state index >= 15 is 0 Å². The van der Waals surface area contributed by atoms with Crippen molar-refractivity contribution in [3.63, 3.8) is 0 Å². The summed E-state index contributed by atoms with van der Waals surface area (Å²) in [5.41, 5.74) is 1.90. The SMILES string of the molecule is CN(C)c1ncc(NC(=O)N2CC(Cc3ccccc3Br)C2)cn1. The van der Waals surface area contributed by atoms with Gasteiger partial charge in [0.15, 0.2) is 0 Å². The highest BCUT2D eigenvalue weighted by Gasteiger charge is 2.31. The molecule has 7 heteroatoms. The lowest BCUT2D eigenvalue weighted by atomic mass is 9.92. The molecule has 0 saturated carbocycles. The molecule has 126 valence electrons. The molecule has 1 N–H and O–H groups in total. The van der Waals surface area contributed by atoms with Gasteiger partial charge in [0.25, 0.3) is 0 Å². The zero-order chi connectivity index (χ0) is 17.1. The predicted molar refractivity (Wildman–Crippen MR) is 98.3 cm³/mol. The molecule has 2 aromatic rings. The third-order valence-corrected chi connectivity index (χ3v) is 4.77. The van der Waals surface area contributed by atoms with Crippen molar-refractivity contribution in [2.24, 2.45) is 5.92 Å². The highest BCUT2D eigenvalue weighted by molar-refractivity contribution is 9.10. The van der Waals surface area contributed by atoms with Gasteiger partial charge in [-0.1, -0.05) is 34.1 Å². The summed E-state index contributed by atoms with van der Waals surface area (Å²) in [5.74, 6) is 1.12. The van der Waals surface area contributed by atoms with Gasteiger partial charge in [0.2, 0.25) is 5.95 Å². The van der Waals surface area contributed by atoms with E-state index in [0.29, 0.717) is 17.6 Å². The Bertz CT molecular complexity index is 713. The van der Waals surface area contributed by atoms with Gasteiger partial charge < -0.3 is 15.1 Å². The van der Waals surface area contributed by atoms with E-state index in [0.717, 1.165) is 24.0 Å². The number of hydrogen-bond donors (Lipinski definition) is 1. The summed E-state index contributed by atoms with van der Waals surface area (Å²) in [5, 5.41) is 2.84. The Morgan fingerprint density at radius 1 is 1.29 bits per heavy atom. The van der Waals surface area contributed by atoms with Gasteiger partial charge in [-0.2, -0.15) is 0 Å². The summed E-state index contributed by atoms with van der Waals surface area (Å²) in [6.07, 6.45) is 4.23. The van der Waals surface area contributed by atoms with E-state index in [9.17, 15) is 4.79 Å². The maximum Gasteiger partial charge on any atom is 0.321 e. The van der Waals surface area contributed by atoms with Crippen LogP contribution in [0.25, 0.3) is 0 Å². The number of nitrogens with one attached hydrogen (secondary N) is 1. The molecule has 0 spiro atoms. The topological polar surface area (TPSA) is 61.4 Å². The van der Waals surface area contributed by atoms with Gasteiger partial charge in [-0.15, -0.1) is 0 Å². The molecule has 24 heavy (non-hydrogen) atoms. The summed E-state index contributed by atoms with van der Waals surface area (Å²) in [6.45, 7) is 1.54. The van der Waals surface area contributed by atoms with Crippen LogP contribution in [0.15, 0.2) is 41.1 Å². The van der Waals surface area contributed by atoms with Crippen molar-refractivity contribution in [1.29, 1.82) is 0 Å². The molecule has 0 unspecified atom stereocenters. The van der Waals surface area contributed by atoms with Gasteiger partial charge in [0, 0.05) is 31.7 Å². The Kier molecular flexibility index (Phi) is 4.99. The lowest BCUT2D eigenvalue weighted by molar-refractivity contribution is 0.131. The first-order valence-electron chi connectivity index (χ1n) is 7.81. The molecule has 1 fully saturated rings. The molecule has 2 heterocycles. The number of urea groups is 1. The van der Waals surface area contributed by atoms with Gasteiger partial charge in [-0.3, -0.25) is 0 Å². The molecule has 1 saturated heterocycles. The summed E-state index contributed by atoms with van der Waals surface area (Å²) >= 11 is 3.57. The molecule has 1 aliphatic rings. The van der Waals surface area contributed by atoms with Gasteiger partial charge in [0.05, 0.1) is 18.1 Å². The fourth-order valence-electron chi connectivity index (χ4n) is 2.66. The Labute approximate surface area is 150 Å². The minimum absolute atomic E-state index is 0.0976. The average Bonchev–Trinajstić information content (AvgIpc) is 2.52. The minimum atomic E-state index is -0.0976. The monoisotopic (exact) mass is 389 g/mol. The number of hydrogen-bond acceptors (Lipinski definition) is 4. The molecule has 0 bridgehead atoms. The fourth-order valence-corrected chi connectivity index (χ4v) is 3.11. The number of carbonyl (C=O) groups excluding carboxylic acids is 1. The third kappa shape index (κ3) is 3.84. The number of amides is 2. The second-order valence-electron chi connectivity index (χ2n) is 6.16. The standard InChI is InChI=1S/C17H20BrN5O/c1-22(2)16-19-8-14(9-20-16)21-17(24)23-10-12(11-23)7-13-5-3-4-6-15(13)18/h3-6,8-9,12H,7,10-11H2,1-2H3,(H,21,24). The number of halogens is 1. The van der Waals surface area contributed by atoms with E-state index in [1.165, 1.54) is 5.56 Å². The number of carbonyl (C=O) groups is 1.